The molecule has 154 valence electrons. The molecule has 0 saturated heterocycles. The van der Waals surface area contributed by atoms with Crippen molar-refractivity contribution in [1.82, 2.24) is 0 Å². The second-order valence-electron chi connectivity index (χ2n) is 7.74. The molecule has 6 heteroatoms. The summed E-state index contributed by atoms with van der Waals surface area (Å²) in [5.74, 6) is -0.0750. The van der Waals surface area contributed by atoms with E-state index in [1.165, 1.54) is 0 Å². The molecule has 1 aliphatic heterocycles. The number of aryl methyl sites for hydroxylation is 3. The fourth-order valence-electron chi connectivity index (χ4n) is 4.03. The van der Waals surface area contributed by atoms with Gasteiger partial charge in [0, 0.05) is 17.8 Å². The van der Waals surface area contributed by atoms with Crippen LogP contribution in [-0.2, 0) is 16.4 Å². The number of amides is 1. The average molecular weight is 421 g/mol. The van der Waals surface area contributed by atoms with Crippen molar-refractivity contribution in [2.75, 3.05) is 16.2 Å². The number of carbonyl (C=O) groups is 1. The zero-order valence-corrected chi connectivity index (χ0v) is 18.1. The molecule has 0 aromatic heterocycles. The molecule has 0 unspecified atom stereocenters. The Morgan fingerprint density at radius 2 is 1.60 bits per heavy atom. The third-order valence-electron chi connectivity index (χ3n) is 5.44. The molecule has 0 fully saturated rings. The Bertz CT molecular complexity index is 1210. The van der Waals surface area contributed by atoms with E-state index >= 15 is 0 Å². The zero-order valence-electron chi connectivity index (χ0n) is 17.3. The molecule has 0 radical (unpaired) electrons. The highest BCUT2D eigenvalue weighted by Crippen LogP contribution is 2.32. The first-order chi connectivity index (χ1) is 14.3. The molecule has 0 aliphatic carbocycles. The van der Waals surface area contributed by atoms with Crippen LogP contribution in [0.15, 0.2) is 65.6 Å². The molecule has 1 amide bonds. The molecule has 5 nitrogen and oxygen atoms in total. The summed E-state index contributed by atoms with van der Waals surface area (Å²) in [5, 5.41) is 0. The molecular weight excluding hydrogens is 396 g/mol. The molecule has 1 aliphatic rings. The average Bonchev–Trinajstić information content (AvgIpc) is 3.14. The van der Waals surface area contributed by atoms with Crippen LogP contribution < -0.4 is 9.62 Å². The van der Waals surface area contributed by atoms with Gasteiger partial charge in [0.25, 0.3) is 15.9 Å². The van der Waals surface area contributed by atoms with Crippen molar-refractivity contribution in [3.05, 3.63) is 88.5 Å². The van der Waals surface area contributed by atoms with Gasteiger partial charge in [0.15, 0.2) is 0 Å². The van der Waals surface area contributed by atoms with Crippen molar-refractivity contribution in [1.29, 1.82) is 0 Å². The predicted molar refractivity (Wildman–Crippen MR) is 120 cm³/mol. The highest BCUT2D eigenvalue weighted by atomic mass is 32.2. The number of hydrogen-bond acceptors (Lipinski definition) is 3. The lowest BCUT2D eigenvalue weighted by atomic mass is 10.1. The van der Waals surface area contributed by atoms with E-state index in [4.69, 9.17) is 0 Å². The minimum Gasteiger partial charge on any atom is -0.308 e. The Labute approximate surface area is 177 Å². The van der Waals surface area contributed by atoms with E-state index in [1.807, 2.05) is 51.1 Å². The van der Waals surface area contributed by atoms with Gasteiger partial charge < -0.3 is 4.90 Å². The van der Waals surface area contributed by atoms with Gasteiger partial charge in [-0.15, -0.1) is 0 Å². The Morgan fingerprint density at radius 1 is 0.933 bits per heavy atom. The summed E-state index contributed by atoms with van der Waals surface area (Å²) >= 11 is 0. The number of nitrogens with one attached hydrogen (secondary N) is 1. The molecule has 3 aromatic carbocycles. The number of fused-ring (bicyclic) bond motifs is 1. The molecule has 0 saturated carbocycles. The fraction of sp³-hybridized carbons (Fsp3) is 0.208. The number of carbonyl (C=O) groups excluding carboxylic acids is 1. The Hall–Kier alpha value is -3.12. The molecule has 4 rings (SSSR count). The van der Waals surface area contributed by atoms with Crippen LogP contribution in [0.4, 0.5) is 11.4 Å². The smallest absolute Gasteiger partial charge is 0.261 e. The van der Waals surface area contributed by atoms with Crippen molar-refractivity contribution in [2.24, 2.45) is 0 Å². The summed E-state index contributed by atoms with van der Waals surface area (Å²) in [4.78, 5) is 14.7. The number of sulfonamides is 1. The summed E-state index contributed by atoms with van der Waals surface area (Å²) in [7, 11) is -3.74. The molecule has 30 heavy (non-hydrogen) atoms. The number of rotatable bonds is 4. The van der Waals surface area contributed by atoms with Gasteiger partial charge in [-0.1, -0.05) is 35.9 Å². The SMILES string of the molecule is Cc1cc(C)c(NS(=O)(=O)c2ccc3c(c2)CCN3C(=O)c2ccccc2)c(C)c1. The molecule has 0 atom stereocenters. The van der Waals surface area contributed by atoms with Crippen molar-refractivity contribution in [3.63, 3.8) is 0 Å². The van der Waals surface area contributed by atoms with Gasteiger partial charge in [-0.2, -0.15) is 0 Å². The summed E-state index contributed by atoms with van der Waals surface area (Å²) in [6, 6.07) is 18.0. The lowest BCUT2D eigenvalue weighted by Crippen LogP contribution is -2.28. The van der Waals surface area contributed by atoms with Crippen LogP contribution in [0, 0.1) is 20.8 Å². The van der Waals surface area contributed by atoms with Crippen molar-refractivity contribution in [3.8, 4) is 0 Å². The van der Waals surface area contributed by atoms with E-state index in [-0.39, 0.29) is 10.8 Å². The summed E-state index contributed by atoms with van der Waals surface area (Å²) in [6.45, 7) is 6.32. The number of hydrogen-bond donors (Lipinski definition) is 1. The molecular formula is C24H24N2O3S. The van der Waals surface area contributed by atoms with Gasteiger partial charge in [0.1, 0.15) is 0 Å². The quantitative estimate of drug-likeness (QED) is 0.670. The molecule has 1 heterocycles. The molecule has 3 aromatic rings. The Kier molecular flexibility index (Phi) is 5.12. The second kappa shape index (κ2) is 7.61. The van der Waals surface area contributed by atoms with E-state index < -0.39 is 10.0 Å². The second-order valence-corrected chi connectivity index (χ2v) is 9.42. The summed E-state index contributed by atoms with van der Waals surface area (Å²) < 4.78 is 28.8. The predicted octanol–water partition coefficient (Wildman–Crippen LogP) is 4.62. The Morgan fingerprint density at radius 3 is 2.27 bits per heavy atom. The van der Waals surface area contributed by atoms with E-state index in [0.717, 1.165) is 27.9 Å². The standard InChI is InChI=1S/C24H24N2O3S/c1-16-13-17(2)23(18(3)14-16)25-30(28,29)21-9-10-22-20(15-21)11-12-26(22)24(27)19-7-5-4-6-8-19/h4-10,13-15,25H,11-12H2,1-3H3. The van der Waals surface area contributed by atoms with Crippen LogP contribution in [0.25, 0.3) is 0 Å². The van der Waals surface area contributed by atoms with Crippen molar-refractivity contribution >= 4 is 27.3 Å². The van der Waals surface area contributed by atoms with Gasteiger partial charge in [-0.05, 0) is 74.2 Å². The van der Waals surface area contributed by atoms with Crippen LogP contribution in [-0.4, -0.2) is 20.9 Å². The summed E-state index contributed by atoms with van der Waals surface area (Å²) in [5.41, 5.74) is 5.73. The van der Waals surface area contributed by atoms with Crippen LogP contribution >= 0.6 is 0 Å². The zero-order chi connectivity index (χ0) is 21.5. The third kappa shape index (κ3) is 3.71. The first kappa shape index (κ1) is 20.2. The van der Waals surface area contributed by atoms with Gasteiger partial charge >= 0.3 is 0 Å². The monoisotopic (exact) mass is 420 g/mol. The fourth-order valence-corrected chi connectivity index (χ4v) is 5.28. The molecule has 0 bridgehead atoms. The lowest BCUT2D eigenvalue weighted by Gasteiger charge is -2.18. The van der Waals surface area contributed by atoms with Gasteiger partial charge in [0.05, 0.1) is 10.6 Å². The van der Waals surface area contributed by atoms with Crippen LogP contribution in [0.2, 0.25) is 0 Å². The van der Waals surface area contributed by atoms with E-state index in [1.54, 1.807) is 35.2 Å². The highest BCUT2D eigenvalue weighted by Gasteiger charge is 2.27. The largest absolute Gasteiger partial charge is 0.308 e. The molecule has 1 N–H and O–H groups in total. The topological polar surface area (TPSA) is 66.5 Å². The first-order valence-electron chi connectivity index (χ1n) is 9.87. The van der Waals surface area contributed by atoms with E-state index in [9.17, 15) is 13.2 Å². The van der Waals surface area contributed by atoms with Crippen LogP contribution in [0.1, 0.15) is 32.6 Å². The van der Waals surface area contributed by atoms with Crippen molar-refractivity contribution in [2.45, 2.75) is 32.1 Å². The van der Waals surface area contributed by atoms with E-state index in [0.29, 0.717) is 24.2 Å². The highest BCUT2D eigenvalue weighted by molar-refractivity contribution is 7.92. The normalized spacial score (nSPS) is 13.2. The van der Waals surface area contributed by atoms with Gasteiger partial charge in [0.2, 0.25) is 0 Å². The number of anilines is 2. The maximum atomic E-state index is 13.0. The number of nitrogens with zero attached hydrogens (tertiary/aromatic N) is 1. The maximum Gasteiger partial charge on any atom is 0.261 e. The Balaban J connectivity index is 1.63. The van der Waals surface area contributed by atoms with Gasteiger partial charge in [-0.3, -0.25) is 9.52 Å². The lowest BCUT2D eigenvalue weighted by molar-refractivity contribution is 0.0989. The number of benzene rings is 3. The van der Waals surface area contributed by atoms with Crippen LogP contribution in [0.3, 0.4) is 0 Å². The van der Waals surface area contributed by atoms with Gasteiger partial charge in [-0.25, -0.2) is 8.42 Å². The third-order valence-corrected chi connectivity index (χ3v) is 6.78. The maximum absolute atomic E-state index is 13.0. The minimum atomic E-state index is -3.74. The minimum absolute atomic E-state index is 0.0750. The first-order valence-corrected chi connectivity index (χ1v) is 11.3. The van der Waals surface area contributed by atoms with Crippen LogP contribution in [0.5, 0.6) is 0 Å². The molecule has 0 spiro atoms. The van der Waals surface area contributed by atoms with E-state index in [2.05, 4.69) is 4.72 Å². The summed E-state index contributed by atoms with van der Waals surface area (Å²) in [6.07, 6.45) is 0.625. The van der Waals surface area contributed by atoms with Crippen molar-refractivity contribution < 1.29 is 13.2 Å².